The normalized spacial score (nSPS) is 17.4. The fourth-order valence-electron chi connectivity index (χ4n) is 3.26. The van der Waals surface area contributed by atoms with Gasteiger partial charge in [-0.2, -0.15) is 5.26 Å². The number of rotatable bonds is 2. The van der Waals surface area contributed by atoms with Gasteiger partial charge in [0.2, 0.25) is 0 Å². The molecule has 0 N–H and O–H groups in total. The van der Waals surface area contributed by atoms with Crippen molar-refractivity contribution in [1.29, 1.82) is 5.26 Å². The number of imidazole rings is 1. The lowest BCUT2D eigenvalue weighted by molar-refractivity contribution is 0.498. The van der Waals surface area contributed by atoms with E-state index in [9.17, 15) is 5.26 Å². The van der Waals surface area contributed by atoms with Crippen molar-refractivity contribution in [2.24, 2.45) is 5.92 Å². The third-order valence-electron chi connectivity index (χ3n) is 4.34. The third kappa shape index (κ3) is 2.03. The van der Waals surface area contributed by atoms with Crippen LogP contribution in [0.1, 0.15) is 29.6 Å². The number of aromatic nitrogens is 3. The topological polar surface area (TPSA) is 54.0 Å². The zero-order valence-electron chi connectivity index (χ0n) is 12.4. The van der Waals surface area contributed by atoms with Gasteiger partial charge in [-0.25, -0.2) is 4.98 Å². The quantitative estimate of drug-likeness (QED) is 0.726. The van der Waals surface area contributed by atoms with Gasteiger partial charge in [0.05, 0.1) is 23.9 Å². The van der Waals surface area contributed by atoms with Gasteiger partial charge < -0.3 is 0 Å². The highest BCUT2D eigenvalue weighted by Gasteiger charge is 2.25. The van der Waals surface area contributed by atoms with Gasteiger partial charge in [0.25, 0.3) is 0 Å². The van der Waals surface area contributed by atoms with Crippen LogP contribution in [-0.2, 0) is 19.3 Å². The van der Waals surface area contributed by atoms with Gasteiger partial charge in [-0.15, -0.1) is 11.3 Å². The Labute approximate surface area is 133 Å². The van der Waals surface area contributed by atoms with E-state index in [-0.39, 0.29) is 0 Å². The Morgan fingerprint density at radius 1 is 1.50 bits per heavy atom. The van der Waals surface area contributed by atoms with Gasteiger partial charge in [0.1, 0.15) is 0 Å². The Hall–Kier alpha value is -2.19. The Bertz CT molecular complexity index is 870. The molecule has 0 saturated carbocycles. The second-order valence-corrected chi connectivity index (χ2v) is 6.98. The molecule has 1 aliphatic rings. The van der Waals surface area contributed by atoms with Crippen molar-refractivity contribution in [1.82, 2.24) is 14.4 Å². The molecule has 0 aromatic carbocycles. The number of aryl methyl sites for hydroxylation is 1. The summed E-state index contributed by atoms with van der Waals surface area (Å²) in [5, 5.41) is 9.25. The maximum atomic E-state index is 9.25. The van der Waals surface area contributed by atoms with E-state index in [1.807, 2.05) is 18.3 Å². The molecule has 110 valence electrons. The minimum Gasteiger partial charge on any atom is -0.290 e. The van der Waals surface area contributed by atoms with Crippen LogP contribution < -0.4 is 0 Å². The summed E-state index contributed by atoms with van der Waals surface area (Å²) in [6.45, 7) is 2.31. The fourth-order valence-corrected chi connectivity index (χ4v) is 4.60. The van der Waals surface area contributed by atoms with E-state index in [1.165, 1.54) is 17.0 Å². The first-order valence-electron chi connectivity index (χ1n) is 7.57. The molecule has 4 rings (SSSR count). The molecule has 0 spiro atoms. The van der Waals surface area contributed by atoms with E-state index in [2.05, 4.69) is 22.4 Å². The lowest BCUT2D eigenvalue weighted by atomic mass is 9.93. The summed E-state index contributed by atoms with van der Waals surface area (Å²) < 4.78 is 2.23. The van der Waals surface area contributed by atoms with Gasteiger partial charge in [0.15, 0.2) is 4.96 Å². The molecule has 3 aromatic rings. The van der Waals surface area contributed by atoms with Gasteiger partial charge in [0, 0.05) is 28.5 Å². The molecular weight excluding hydrogens is 292 g/mol. The molecule has 3 heterocycles. The Morgan fingerprint density at radius 3 is 3.18 bits per heavy atom. The molecule has 3 aromatic heterocycles. The first kappa shape index (κ1) is 13.5. The summed E-state index contributed by atoms with van der Waals surface area (Å²) in [5.41, 5.74) is 4.27. The van der Waals surface area contributed by atoms with Crippen molar-refractivity contribution in [3.63, 3.8) is 0 Å². The highest BCUT2D eigenvalue weighted by atomic mass is 32.1. The van der Waals surface area contributed by atoms with E-state index < -0.39 is 0 Å². The molecule has 1 atom stereocenters. The number of hydrogen-bond acceptors (Lipinski definition) is 4. The second-order valence-electron chi connectivity index (χ2n) is 5.92. The number of nitrogens with zero attached hydrogens (tertiary/aromatic N) is 4. The van der Waals surface area contributed by atoms with Crippen molar-refractivity contribution >= 4 is 16.3 Å². The van der Waals surface area contributed by atoms with Crippen molar-refractivity contribution < 1.29 is 0 Å². The van der Waals surface area contributed by atoms with Crippen LogP contribution in [0.25, 0.3) is 16.2 Å². The van der Waals surface area contributed by atoms with Gasteiger partial charge >= 0.3 is 0 Å². The Kier molecular flexibility index (Phi) is 3.20. The predicted octanol–water partition coefficient (Wildman–Crippen LogP) is 3.65. The van der Waals surface area contributed by atoms with E-state index in [1.54, 1.807) is 17.5 Å². The average molecular weight is 308 g/mol. The number of fused-ring (bicyclic) bond motifs is 3. The van der Waals surface area contributed by atoms with Crippen LogP contribution >= 0.6 is 11.3 Å². The zero-order valence-corrected chi connectivity index (χ0v) is 13.2. The minimum absolute atomic E-state index is 0.379. The smallest absolute Gasteiger partial charge is 0.194 e. The van der Waals surface area contributed by atoms with E-state index in [0.717, 1.165) is 40.7 Å². The first-order chi connectivity index (χ1) is 10.8. The van der Waals surface area contributed by atoms with Crippen LogP contribution in [0.15, 0.2) is 24.5 Å². The monoisotopic (exact) mass is 308 g/mol. The number of pyridine rings is 1. The lowest BCUT2D eigenvalue weighted by Crippen LogP contribution is -2.11. The third-order valence-corrected chi connectivity index (χ3v) is 5.44. The van der Waals surface area contributed by atoms with Crippen molar-refractivity contribution in [2.75, 3.05) is 0 Å². The van der Waals surface area contributed by atoms with Crippen LogP contribution in [0.3, 0.4) is 0 Å². The van der Waals surface area contributed by atoms with Gasteiger partial charge in [-0.1, -0.05) is 6.92 Å². The molecule has 4 nitrogen and oxygen atoms in total. The van der Waals surface area contributed by atoms with Crippen LogP contribution in [-0.4, -0.2) is 14.4 Å². The summed E-state index contributed by atoms with van der Waals surface area (Å²) in [6, 6.07) is 6.22. The number of hydrogen-bond donors (Lipinski definition) is 0. The summed E-state index contributed by atoms with van der Waals surface area (Å²) in [7, 11) is 0. The van der Waals surface area contributed by atoms with E-state index in [4.69, 9.17) is 4.98 Å². The van der Waals surface area contributed by atoms with Crippen LogP contribution in [0.2, 0.25) is 0 Å². The molecular formula is C17H16N4S. The summed E-state index contributed by atoms with van der Waals surface area (Å²) in [5.74, 6) is 0.744. The standard InChI is InChI=1S/C17H16N4S/c1-11-4-5-13-15(9-11)22-17-20-16(12-3-2-8-19-10-12)14(6-7-18)21(13)17/h2-3,8,10-11H,4-6,9H2,1H3. The van der Waals surface area contributed by atoms with E-state index in [0.29, 0.717) is 6.42 Å². The molecule has 5 heteroatoms. The average Bonchev–Trinajstić information content (AvgIpc) is 3.05. The molecule has 0 amide bonds. The lowest BCUT2D eigenvalue weighted by Gasteiger charge is -2.18. The highest BCUT2D eigenvalue weighted by Crippen LogP contribution is 2.36. The van der Waals surface area contributed by atoms with Gasteiger partial charge in [-0.3, -0.25) is 9.38 Å². The fraction of sp³-hybridized carbons (Fsp3) is 0.353. The predicted molar refractivity (Wildman–Crippen MR) is 86.8 cm³/mol. The second kappa shape index (κ2) is 5.22. The Morgan fingerprint density at radius 2 is 2.41 bits per heavy atom. The molecule has 0 fully saturated rings. The van der Waals surface area contributed by atoms with Crippen LogP contribution in [0.5, 0.6) is 0 Å². The van der Waals surface area contributed by atoms with Crippen LogP contribution in [0.4, 0.5) is 0 Å². The molecule has 0 saturated heterocycles. The molecule has 0 aliphatic heterocycles. The maximum Gasteiger partial charge on any atom is 0.194 e. The minimum atomic E-state index is 0.379. The summed E-state index contributed by atoms with van der Waals surface area (Å²) in [4.78, 5) is 11.5. The number of thiazole rings is 1. The van der Waals surface area contributed by atoms with Crippen molar-refractivity contribution in [3.05, 3.63) is 40.8 Å². The number of nitriles is 1. The first-order valence-corrected chi connectivity index (χ1v) is 8.38. The van der Waals surface area contributed by atoms with Crippen molar-refractivity contribution in [3.8, 4) is 17.3 Å². The summed E-state index contributed by atoms with van der Waals surface area (Å²) >= 11 is 1.78. The Balaban J connectivity index is 1.95. The summed E-state index contributed by atoms with van der Waals surface area (Å²) in [6.07, 6.45) is 7.39. The van der Waals surface area contributed by atoms with Crippen molar-refractivity contribution in [2.45, 2.75) is 32.6 Å². The molecule has 1 unspecified atom stereocenters. The largest absolute Gasteiger partial charge is 0.290 e. The molecule has 1 aliphatic carbocycles. The zero-order chi connectivity index (χ0) is 15.1. The molecule has 0 bridgehead atoms. The molecule has 22 heavy (non-hydrogen) atoms. The van der Waals surface area contributed by atoms with Gasteiger partial charge in [-0.05, 0) is 37.3 Å². The maximum absolute atomic E-state index is 9.25. The SMILES string of the molecule is CC1CCc2c(sc3nc(-c4cccnc4)c(CC#N)n23)C1. The molecule has 0 radical (unpaired) electrons. The highest BCUT2D eigenvalue weighted by molar-refractivity contribution is 7.17. The van der Waals surface area contributed by atoms with Crippen LogP contribution in [0, 0.1) is 17.2 Å². The van der Waals surface area contributed by atoms with E-state index >= 15 is 0 Å².